The van der Waals surface area contributed by atoms with E-state index in [0.29, 0.717) is 16.8 Å². The Bertz CT molecular complexity index is 1110. The van der Waals surface area contributed by atoms with Crippen LogP contribution in [0.3, 0.4) is 0 Å². The van der Waals surface area contributed by atoms with Crippen LogP contribution in [0, 0.1) is 17.0 Å². The van der Waals surface area contributed by atoms with E-state index in [4.69, 9.17) is 16.3 Å². The molecule has 9 heteroatoms. The summed E-state index contributed by atoms with van der Waals surface area (Å²) in [6.45, 7) is 1.85. The van der Waals surface area contributed by atoms with Crippen molar-refractivity contribution in [2.45, 2.75) is 13.1 Å². The molecule has 5 nitrogen and oxygen atoms in total. The van der Waals surface area contributed by atoms with E-state index in [-0.39, 0.29) is 11.5 Å². The van der Waals surface area contributed by atoms with Gasteiger partial charge in [-0.3, -0.25) is 15.1 Å². The van der Waals surface area contributed by atoms with Crippen molar-refractivity contribution in [2.24, 2.45) is 4.99 Å². The fourth-order valence-electron chi connectivity index (χ4n) is 2.55. The molecule has 0 aliphatic rings. The van der Waals surface area contributed by atoms with Gasteiger partial charge >= 0.3 is 11.9 Å². The molecule has 30 heavy (non-hydrogen) atoms. The topological polar surface area (TPSA) is 64.7 Å². The van der Waals surface area contributed by atoms with Crippen LogP contribution in [0.4, 0.5) is 24.5 Å². The molecule has 0 aliphatic carbocycles. The van der Waals surface area contributed by atoms with Gasteiger partial charge in [-0.15, -0.1) is 0 Å². The number of aliphatic imine (C=N–C) groups is 1. The lowest BCUT2D eigenvalue weighted by molar-refractivity contribution is -0.385. The maximum absolute atomic E-state index is 12.8. The fraction of sp³-hybridized carbons (Fsp3) is 0.0952. The number of rotatable bonds is 5. The second kappa shape index (κ2) is 8.54. The Morgan fingerprint density at radius 1 is 1.10 bits per heavy atom. The molecular weight excluding hydrogens is 421 g/mol. The Morgan fingerprint density at radius 2 is 1.80 bits per heavy atom. The molecule has 3 rings (SSSR count). The summed E-state index contributed by atoms with van der Waals surface area (Å²) in [4.78, 5) is 14.6. The minimum atomic E-state index is -4.69. The molecule has 0 bridgehead atoms. The molecule has 0 amide bonds. The highest BCUT2D eigenvalue weighted by atomic mass is 35.5. The number of ether oxygens (including phenoxy) is 1. The Labute approximate surface area is 174 Å². The zero-order valence-corrected chi connectivity index (χ0v) is 16.2. The number of hydrogen-bond donors (Lipinski definition) is 0. The molecule has 0 radical (unpaired) electrons. The third-order valence-corrected chi connectivity index (χ3v) is 4.59. The first-order valence-electron chi connectivity index (χ1n) is 8.58. The summed E-state index contributed by atoms with van der Waals surface area (Å²) in [6.07, 6.45) is -3.07. The van der Waals surface area contributed by atoms with Crippen LogP contribution in [0.5, 0.6) is 11.5 Å². The second-order valence-electron chi connectivity index (χ2n) is 6.25. The minimum Gasteiger partial charge on any atom is -0.450 e. The van der Waals surface area contributed by atoms with Crippen molar-refractivity contribution in [3.8, 4) is 11.5 Å². The van der Waals surface area contributed by atoms with Crippen molar-refractivity contribution in [3.63, 3.8) is 0 Å². The summed E-state index contributed by atoms with van der Waals surface area (Å²) in [5.41, 5.74) is 0.383. The number of nitro groups is 1. The second-order valence-corrected chi connectivity index (χ2v) is 6.66. The molecule has 0 heterocycles. The standard InChI is InChI=1S/C21H14ClF3N2O3/c1-13-17(22)3-2-4-18(13)26-12-14-5-8-16(9-6-14)30-20-10-7-15(21(23,24)25)11-19(20)27(28)29/h2-12H,1H3. The van der Waals surface area contributed by atoms with E-state index in [2.05, 4.69) is 4.99 Å². The smallest absolute Gasteiger partial charge is 0.416 e. The maximum atomic E-state index is 12.8. The molecule has 0 N–H and O–H groups in total. The summed E-state index contributed by atoms with van der Waals surface area (Å²) < 4.78 is 43.8. The average molecular weight is 435 g/mol. The predicted molar refractivity (Wildman–Crippen MR) is 108 cm³/mol. The molecule has 0 fully saturated rings. The van der Waals surface area contributed by atoms with Gasteiger partial charge < -0.3 is 4.74 Å². The van der Waals surface area contributed by atoms with Crippen LogP contribution < -0.4 is 4.74 Å². The fourth-order valence-corrected chi connectivity index (χ4v) is 2.72. The molecule has 0 spiro atoms. The summed E-state index contributed by atoms with van der Waals surface area (Å²) in [6, 6.07) is 13.9. The number of hydrogen-bond acceptors (Lipinski definition) is 4. The zero-order valence-electron chi connectivity index (χ0n) is 15.5. The molecule has 0 saturated carbocycles. The maximum Gasteiger partial charge on any atom is 0.416 e. The monoisotopic (exact) mass is 434 g/mol. The molecule has 0 unspecified atom stereocenters. The predicted octanol–water partition coefficient (Wildman–Crippen LogP) is 7.12. The third kappa shape index (κ3) is 4.96. The van der Waals surface area contributed by atoms with Crippen LogP contribution >= 0.6 is 11.6 Å². The highest BCUT2D eigenvalue weighted by molar-refractivity contribution is 6.31. The van der Waals surface area contributed by atoms with Crippen LogP contribution in [0.1, 0.15) is 16.7 Å². The molecular formula is C21H14ClF3N2O3. The Morgan fingerprint density at radius 3 is 2.43 bits per heavy atom. The van der Waals surface area contributed by atoms with Gasteiger partial charge in [-0.05, 0) is 66.6 Å². The lowest BCUT2D eigenvalue weighted by atomic mass is 10.1. The third-order valence-electron chi connectivity index (χ3n) is 4.18. The van der Waals surface area contributed by atoms with E-state index < -0.39 is 22.4 Å². The van der Waals surface area contributed by atoms with Gasteiger partial charge in [0.25, 0.3) is 0 Å². The van der Waals surface area contributed by atoms with E-state index in [0.717, 1.165) is 23.3 Å². The first-order chi connectivity index (χ1) is 14.1. The Kier molecular flexibility index (Phi) is 6.07. The average Bonchev–Trinajstić information content (AvgIpc) is 2.69. The van der Waals surface area contributed by atoms with Crippen LogP contribution in [-0.2, 0) is 6.18 Å². The number of nitrogens with zero attached hydrogens (tertiary/aromatic N) is 2. The van der Waals surface area contributed by atoms with Crippen molar-refractivity contribution in [1.82, 2.24) is 0 Å². The molecule has 154 valence electrons. The molecule has 0 aliphatic heterocycles. The van der Waals surface area contributed by atoms with Gasteiger partial charge in [0.05, 0.1) is 16.2 Å². The van der Waals surface area contributed by atoms with Gasteiger partial charge in [0, 0.05) is 17.3 Å². The SMILES string of the molecule is Cc1c(Cl)cccc1N=Cc1ccc(Oc2ccc(C(F)(F)F)cc2[N+](=O)[O-])cc1. The summed E-state index contributed by atoms with van der Waals surface area (Å²) in [7, 11) is 0. The largest absolute Gasteiger partial charge is 0.450 e. The van der Waals surface area contributed by atoms with Crippen LogP contribution in [-0.4, -0.2) is 11.1 Å². The van der Waals surface area contributed by atoms with Gasteiger partial charge in [-0.25, -0.2) is 0 Å². The number of benzene rings is 3. The van der Waals surface area contributed by atoms with Crippen LogP contribution in [0.15, 0.2) is 65.7 Å². The number of halogens is 4. The van der Waals surface area contributed by atoms with Crippen LogP contribution in [0.25, 0.3) is 0 Å². The Balaban J connectivity index is 1.80. The molecule has 0 atom stereocenters. The summed E-state index contributed by atoms with van der Waals surface area (Å²) in [5.74, 6) is -0.0575. The van der Waals surface area contributed by atoms with Gasteiger partial charge in [-0.1, -0.05) is 17.7 Å². The summed E-state index contributed by atoms with van der Waals surface area (Å²) >= 11 is 6.06. The first kappa shape index (κ1) is 21.3. The highest BCUT2D eigenvalue weighted by Crippen LogP contribution is 2.37. The number of nitro benzene ring substituents is 1. The van der Waals surface area contributed by atoms with E-state index in [1.807, 2.05) is 13.0 Å². The summed E-state index contributed by atoms with van der Waals surface area (Å²) in [5, 5.41) is 11.8. The van der Waals surface area contributed by atoms with Crippen molar-refractivity contribution in [1.29, 1.82) is 0 Å². The van der Waals surface area contributed by atoms with E-state index in [1.165, 1.54) is 12.1 Å². The van der Waals surface area contributed by atoms with Crippen molar-refractivity contribution in [2.75, 3.05) is 0 Å². The molecule has 0 aromatic heterocycles. The first-order valence-corrected chi connectivity index (χ1v) is 8.95. The van der Waals surface area contributed by atoms with E-state index in [1.54, 1.807) is 30.5 Å². The molecule has 3 aromatic rings. The molecule has 0 saturated heterocycles. The van der Waals surface area contributed by atoms with Crippen molar-refractivity contribution < 1.29 is 22.8 Å². The lowest BCUT2D eigenvalue weighted by Crippen LogP contribution is -2.06. The normalized spacial score (nSPS) is 11.6. The van der Waals surface area contributed by atoms with Gasteiger partial charge in [0.15, 0.2) is 0 Å². The molecule has 3 aromatic carbocycles. The quantitative estimate of drug-likeness (QED) is 0.244. The zero-order chi connectivity index (χ0) is 21.9. The minimum absolute atomic E-state index is 0.231. The van der Waals surface area contributed by atoms with Gasteiger partial charge in [0.2, 0.25) is 5.75 Å². The van der Waals surface area contributed by atoms with Crippen LogP contribution in [0.2, 0.25) is 5.02 Å². The van der Waals surface area contributed by atoms with Gasteiger partial charge in [0.1, 0.15) is 5.75 Å². The number of alkyl halides is 3. The van der Waals surface area contributed by atoms with Crippen molar-refractivity contribution in [3.05, 3.63) is 92.5 Å². The highest BCUT2D eigenvalue weighted by Gasteiger charge is 2.33. The van der Waals surface area contributed by atoms with Crippen molar-refractivity contribution >= 4 is 29.2 Å². The lowest BCUT2D eigenvalue weighted by Gasteiger charge is -2.10. The van der Waals surface area contributed by atoms with Gasteiger partial charge in [-0.2, -0.15) is 13.2 Å². The van der Waals surface area contributed by atoms with E-state index >= 15 is 0 Å². The van der Waals surface area contributed by atoms with E-state index in [9.17, 15) is 23.3 Å². The Hall–Kier alpha value is -3.39.